The number of nitrogens with zero attached hydrogens (tertiary/aromatic N) is 3. The fourth-order valence-corrected chi connectivity index (χ4v) is 4.68. The summed E-state index contributed by atoms with van der Waals surface area (Å²) in [5.41, 5.74) is 3.30. The molecule has 1 N–H and O–H groups in total. The second kappa shape index (κ2) is 12.8. The highest BCUT2D eigenvalue weighted by Crippen LogP contribution is 2.26. The van der Waals surface area contributed by atoms with Gasteiger partial charge >= 0.3 is 0 Å². The zero-order chi connectivity index (χ0) is 24.3. The van der Waals surface area contributed by atoms with Gasteiger partial charge in [-0.1, -0.05) is 72.4 Å². The van der Waals surface area contributed by atoms with Crippen LogP contribution in [-0.2, 0) is 17.8 Å². The van der Waals surface area contributed by atoms with Crippen molar-refractivity contribution < 1.29 is 9.53 Å². The predicted molar refractivity (Wildman–Crippen MR) is 140 cm³/mol. The Bertz CT molecular complexity index is 1190. The van der Waals surface area contributed by atoms with E-state index >= 15 is 0 Å². The van der Waals surface area contributed by atoms with Crippen LogP contribution in [0.15, 0.2) is 90.1 Å². The minimum Gasteiger partial charge on any atom is -0.497 e. The number of benzene rings is 3. The van der Waals surface area contributed by atoms with Crippen LogP contribution in [0.25, 0.3) is 5.69 Å². The molecule has 35 heavy (non-hydrogen) atoms. The lowest BCUT2D eigenvalue weighted by atomic mass is 10.1. The van der Waals surface area contributed by atoms with Gasteiger partial charge in [0.2, 0.25) is 5.91 Å². The number of carbonyl (C=O) groups excluding carboxylic acids is 1. The van der Waals surface area contributed by atoms with E-state index in [-0.39, 0.29) is 5.91 Å². The minimum absolute atomic E-state index is 0.0883. The van der Waals surface area contributed by atoms with Gasteiger partial charge in [0.25, 0.3) is 0 Å². The molecule has 0 aliphatic rings. The van der Waals surface area contributed by atoms with Gasteiger partial charge in [-0.2, -0.15) is 0 Å². The molecule has 1 heterocycles. The average molecular weight is 487 g/mol. The molecule has 6 nitrogen and oxygen atoms in total. The predicted octanol–water partition coefficient (Wildman–Crippen LogP) is 5.45. The van der Waals surface area contributed by atoms with Gasteiger partial charge in [-0.05, 0) is 48.2 Å². The summed E-state index contributed by atoms with van der Waals surface area (Å²) < 4.78 is 7.43. The zero-order valence-electron chi connectivity index (χ0n) is 19.9. The molecule has 1 amide bonds. The molecule has 0 spiro atoms. The summed E-state index contributed by atoms with van der Waals surface area (Å²) in [6, 6.07) is 28.2. The van der Waals surface area contributed by atoms with Crippen molar-refractivity contribution in [3.05, 3.63) is 102 Å². The van der Waals surface area contributed by atoms with Gasteiger partial charge in [-0.15, -0.1) is 10.2 Å². The number of thioether (sulfide) groups is 1. The second-order valence-electron chi connectivity index (χ2n) is 8.16. The number of ether oxygens (including phenoxy) is 1. The van der Waals surface area contributed by atoms with Crippen LogP contribution in [0.4, 0.5) is 0 Å². The van der Waals surface area contributed by atoms with Crippen molar-refractivity contribution in [2.24, 2.45) is 0 Å². The van der Waals surface area contributed by atoms with Crippen molar-refractivity contribution in [1.29, 1.82) is 0 Å². The van der Waals surface area contributed by atoms with Gasteiger partial charge in [0.1, 0.15) is 11.6 Å². The maximum Gasteiger partial charge on any atom is 0.220 e. The third-order valence-electron chi connectivity index (χ3n) is 5.60. The van der Waals surface area contributed by atoms with Crippen molar-refractivity contribution in [3.63, 3.8) is 0 Å². The molecule has 0 fully saturated rings. The number of nitrogens with one attached hydrogen (secondary N) is 1. The van der Waals surface area contributed by atoms with E-state index < -0.39 is 0 Å². The molecule has 7 heteroatoms. The molecule has 0 aliphatic heterocycles. The van der Waals surface area contributed by atoms with Crippen molar-refractivity contribution in [3.8, 4) is 11.4 Å². The van der Waals surface area contributed by atoms with E-state index in [4.69, 9.17) is 4.74 Å². The average Bonchev–Trinajstić information content (AvgIpc) is 3.30. The van der Waals surface area contributed by atoms with Gasteiger partial charge in [0.15, 0.2) is 5.16 Å². The molecule has 1 aromatic heterocycles. The number of methoxy groups -OCH3 is 1. The third-order valence-corrected chi connectivity index (χ3v) is 6.61. The molecule has 3 aromatic carbocycles. The molecule has 0 aliphatic carbocycles. The van der Waals surface area contributed by atoms with Crippen LogP contribution in [-0.4, -0.2) is 33.5 Å². The third kappa shape index (κ3) is 7.20. The van der Waals surface area contributed by atoms with Gasteiger partial charge in [0, 0.05) is 30.8 Å². The zero-order valence-corrected chi connectivity index (χ0v) is 20.7. The highest BCUT2D eigenvalue weighted by Gasteiger charge is 2.15. The Morgan fingerprint density at radius 3 is 2.26 bits per heavy atom. The lowest BCUT2D eigenvalue weighted by Crippen LogP contribution is -2.22. The van der Waals surface area contributed by atoms with E-state index in [2.05, 4.69) is 32.2 Å². The fraction of sp³-hybridized carbons (Fsp3) is 0.250. The maximum atomic E-state index is 12.2. The lowest BCUT2D eigenvalue weighted by molar-refractivity contribution is -0.121. The highest BCUT2D eigenvalue weighted by molar-refractivity contribution is 7.99. The quantitative estimate of drug-likeness (QED) is 0.213. The summed E-state index contributed by atoms with van der Waals surface area (Å²) in [7, 11) is 1.66. The van der Waals surface area contributed by atoms with E-state index in [1.807, 2.05) is 72.8 Å². The van der Waals surface area contributed by atoms with Crippen LogP contribution in [0, 0.1) is 0 Å². The number of hydrogen-bond donors (Lipinski definition) is 1. The van der Waals surface area contributed by atoms with Crippen LogP contribution in [0.1, 0.15) is 36.2 Å². The topological polar surface area (TPSA) is 69.0 Å². The smallest absolute Gasteiger partial charge is 0.220 e. The standard InChI is InChI=1S/C28H30N4O2S/c1-34-25-17-15-24(16-18-25)32-26(20-22-10-4-2-5-11-22)30-31-28(32)35-19-9-8-14-27(33)29-21-23-12-6-3-7-13-23/h2-7,10-13,15-18H,8-9,14,19-21H2,1H3,(H,29,33). The van der Waals surface area contributed by atoms with Gasteiger partial charge in [-0.25, -0.2) is 0 Å². The maximum absolute atomic E-state index is 12.2. The molecular weight excluding hydrogens is 456 g/mol. The molecular formula is C28H30N4O2S. The number of aromatic nitrogens is 3. The van der Waals surface area contributed by atoms with E-state index in [1.54, 1.807) is 18.9 Å². The summed E-state index contributed by atoms with van der Waals surface area (Å²) in [6.07, 6.45) is 2.98. The summed E-state index contributed by atoms with van der Waals surface area (Å²) in [4.78, 5) is 12.2. The van der Waals surface area contributed by atoms with E-state index in [0.29, 0.717) is 19.4 Å². The van der Waals surface area contributed by atoms with Crippen LogP contribution >= 0.6 is 11.8 Å². The molecule has 0 atom stereocenters. The van der Waals surface area contributed by atoms with Crippen molar-refractivity contribution in [2.45, 2.75) is 37.4 Å². The van der Waals surface area contributed by atoms with Gasteiger partial charge in [0.05, 0.1) is 7.11 Å². The van der Waals surface area contributed by atoms with E-state index in [0.717, 1.165) is 46.6 Å². The number of unbranched alkanes of at least 4 members (excludes halogenated alkanes) is 1. The van der Waals surface area contributed by atoms with Crippen LogP contribution in [0.2, 0.25) is 0 Å². The number of hydrogen-bond acceptors (Lipinski definition) is 5. The van der Waals surface area contributed by atoms with Crippen molar-refractivity contribution in [1.82, 2.24) is 20.1 Å². The summed E-state index contributed by atoms with van der Waals surface area (Å²) >= 11 is 1.67. The van der Waals surface area contributed by atoms with E-state index in [1.165, 1.54) is 5.56 Å². The Balaban J connectivity index is 1.33. The number of rotatable bonds is 12. The Kier molecular flexibility index (Phi) is 8.95. The van der Waals surface area contributed by atoms with Crippen LogP contribution in [0.5, 0.6) is 5.75 Å². The van der Waals surface area contributed by atoms with E-state index in [9.17, 15) is 4.79 Å². The second-order valence-corrected chi connectivity index (χ2v) is 9.22. The molecule has 0 saturated heterocycles. The first-order chi connectivity index (χ1) is 17.2. The van der Waals surface area contributed by atoms with Crippen LogP contribution < -0.4 is 10.1 Å². The van der Waals surface area contributed by atoms with Crippen molar-refractivity contribution in [2.75, 3.05) is 12.9 Å². The lowest BCUT2D eigenvalue weighted by Gasteiger charge is -2.11. The fourth-order valence-electron chi connectivity index (χ4n) is 3.71. The van der Waals surface area contributed by atoms with Crippen LogP contribution in [0.3, 0.4) is 0 Å². The summed E-state index contributed by atoms with van der Waals surface area (Å²) in [6.45, 7) is 0.573. The largest absolute Gasteiger partial charge is 0.497 e. The number of carbonyl (C=O) groups is 1. The molecule has 0 bridgehead atoms. The molecule has 4 aromatic rings. The molecule has 4 rings (SSSR count). The highest BCUT2D eigenvalue weighted by atomic mass is 32.2. The Morgan fingerprint density at radius 2 is 1.57 bits per heavy atom. The molecule has 0 radical (unpaired) electrons. The first kappa shape index (κ1) is 24.5. The monoisotopic (exact) mass is 486 g/mol. The van der Waals surface area contributed by atoms with Gasteiger partial charge < -0.3 is 10.1 Å². The normalized spacial score (nSPS) is 10.8. The summed E-state index contributed by atoms with van der Waals surface area (Å²) in [5.74, 6) is 2.66. The summed E-state index contributed by atoms with van der Waals surface area (Å²) in [5, 5.41) is 12.8. The molecule has 0 unspecified atom stereocenters. The first-order valence-corrected chi connectivity index (χ1v) is 12.8. The Morgan fingerprint density at radius 1 is 0.886 bits per heavy atom. The van der Waals surface area contributed by atoms with Gasteiger partial charge in [-0.3, -0.25) is 9.36 Å². The molecule has 180 valence electrons. The molecule has 0 saturated carbocycles. The number of amides is 1. The van der Waals surface area contributed by atoms with Crippen molar-refractivity contribution >= 4 is 17.7 Å². The first-order valence-electron chi connectivity index (χ1n) is 11.8. The Hall–Kier alpha value is -3.58. The Labute approximate surface area is 210 Å². The minimum atomic E-state index is 0.0883. The SMILES string of the molecule is COc1ccc(-n2c(Cc3ccccc3)nnc2SCCCCC(=O)NCc2ccccc2)cc1.